The number of nitriles is 1. The van der Waals surface area contributed by atoms with E-state index < -0.39 is 0 Å². The summed E-state index contributed by atoms with van der Waals surface area (Å²) in [5.74, 6) is 0. The summed E-state index contributed by atoms with van der Waals surface area (Å²) in [5, 5.41) is 13.0. The highest BCUT2D eigenvalue weighted by molar-refractivity contribution is 5.22. The zero-order valence-corrected chi connectivity index (χ0v) is 7.95. The molecule has 13 heavy (non-hydrogen) atoms. The van der Waals surface area contributed by atoms with E-state index in [0.717, 1.165) is 13.0 Å². The van der Waals surface area contributed by atoms with Gasteiger partial charge in [-0.1, -0.05) is 0 Å². The van der Waals surface area contributed by atoms with Crippen LogP contribution < -0.4 is 0 Å². The van der Waals surface area contributed by atoms with Gasteiger partial charge >= 0.3 is 0 Å². The molecule has 3 heteroatoms. The van der Waals surface area contributed by atoms with Crippen LogP contribution in [0.4, 0.5) is 0 Å². The van der Waals surface area contributed by atoms with Gasteiger partial charge in [-0.3, -0.25) is 0 Å². The van der Waals surface area contributed by atoms with Crippen LogP contribution in [0.3, 0.4) is 0 Å². The molecule has 0 saturated heterocycles. The smallest absolute Gasteiger partial charge is 0.198 e. The third-order valence-corrected chi connectivity index (χ3v) is 2.88. The molecule has 0 bridgehead atoms. The maximum atomic E-state index is 8.48. The first-order valence-electron chi connectivity index (χ1n) is 4.90. The normalized spacial score (nSPS) is 25.8. The van der Waals surface area contributed by atoms with E-state index in [2.05, 4.69) is 22.8 Å². The lowest BCUT2D eigenvalue weighted by Gasteiger charge is -2.03. The molecule has 3 nitrogen and oxygen atoms in total. The number of azo groups is 2. The molecule has 0 fully saturated rings. The van der Waals surface area contributed by atoms with Crippen molar-refractivity contribution in [1.29, 1.82) is 5.26 Å². The van der Waals surface area contributed by atoms with Gasteiger partial charge in [0.1, 0.15) is 5.70 Å². The minimum atomic E-state index is 0.450. The summed E-state index contributed by atoms with van der Waals surface area (Å²) in [4.78, 5) is 0. The Morgan fingerprint density at radius 2 is 2.46 bits per heavy atom. The van der Waals surface area contributed by atoms with Crippen LogP contribution in [0.1, 0.15) is 32.6 Å². The van der Waals surface area contributed by atoms with Crippen molar-refractivity contribution in [2.24, 2.45) is 5.11 Å². The molecule has 1 aliphatic carbocycles. The van der Waals surface area contributed by atoms with Crippen molar-refractivity contribution in [3.05, 3.63) is 11.3 Å². The molecule has 1 heterocycles. The van der Waals surface area contributed by atoms with Crippen molar-refractivity contribution >= 4 is 0 Å². The molecule has 0 aromatic rings. The highest BCUT2D eigenvalue weighted by Crippen LogP contribution is 2.34. The Morgan fingerprint density at radius 1 is 1.62 bits per heavy atom. The number of hydrogen-bond donors (Lipinski definition) is 0. The number of hydrogen-bond acceptors (Lipinski definition) is 2. The highest BCUT2D eigenvalue weighted by atomic mass is 15.3. The SMILES string of the molecule is CC1C2=C(CCC2)N=[N+]1CCC#N. The fourth-order valence-electron chi connectivity index (χ4n) is 2.15. The maximum absolute atomic E-state index is 8.48. The summed E-state index contributed by atoms with van der Waals surface area (Å²) in [6, 6.07) is 2.61. The summed E-state index contributed by atoms with van der Waals surface area (Å²) >= 11 is 0. The first-order valence-corrected chi connectivity index (χ1v) is 4.90. The predicted molar refractivity (Wildman–Crippen MR) is 48.1 cm³/mol. The standard InChI is InChI=1S/C10H14N3/c1-8-9-4-2-5-10(9)12-13(8)7-3-6-11/h8H,2-5,7H2,1H3/q+1. The van der Waals surface area contributed by atoms with Gasteiger partial charge in [-0.05, 0) is 24.4 Å². The van der Waals surface area contributed by atoms with Crippen molar-refractivity contribution < 1.29 is 4.70 Å². The molecule has 0 N–H and O–H groups in total. The van der Waals surface area contributed by atoms with Crippen molar-refractivity contribution in [2.75, 3.05) is 6.54 Å². The number of nitrogens with zero attached hydrogens (tertiary/aromatic N) is 3. The van der Waals surface area contributed by atoms with Crippen LogP contribution in [0.15, 0.2) is 16.4 Å². The van der Waals surface area contributed by atoms with E-state index in [1.54, 1.807) is 0 Å². The van der Waals surface area contributed by atoms with E-state index in [4.69, 9.17) is 5.26 Å². The first kappa shape index (κ1) is 8.43. The fraction of sp³-hybridized carbons (Fsp3) is 0.700. The molecule has 2 aliphatic rings. The molecule has 0 amide bonds. The van der Waals surface area contributed by atoms with Gasteiger partial charge in [-0.25, -0.2) is 0 Å². The Labute approximate surface area is 78.4 Å². The average molecular weight is 176 g/mol. The lowest BCUT2D eigenvalue weighted by Crippen LogP contribution is -2.21. The molecule has 0 spiro atoms. The highest BCUT2D eigenvalue weighted by Gasteiger charge is 2.34. The summed E-state index contributed by atoms with van der Waals surface area (Å²) < 4.78 is 2.06. The Bertz CT molecular complexity index is 320. The second kappa shape index (κ2) is 3.29. The molecule has 0 saturated carbocycles. The quantitative estimate of drug-likeness (QED) is 0.594. The predicted octanol–water partition coefficient (Wildman–Crippen LogP) is 2.20. The van der Waals surface area contributed by atoms with Crippen LogP contribution in [0.2, 0.25) is 0 Å². The van der Waals surface area contributed by atoms with E-state index in [0.29, 0.717) is 12.5 Å². The van der Waals surface area contributed by atoms with Crippen LogP contribution in [0.5, 0.6) is 0 Å². The van der Waals surface area contributed by atoms with Crippen molar-refractivity contribution in [1.82, 2.24) is 0 Å². The molecule has 68 valence electrons. The van der Waals surface area contributed by atoms with E-state index in [-0.39, 0.29) is 0 Å². The second-order valence-corrected chi connectivity index (χ2v) is 3.67. The van der Waals surface area contributed by atoms with Crippen LogP contribution in [-0.2, 0) is 0 Å². The van der Waals surface area contributed by atoms with E-state index in [1.165, 1.54) is 24.1 Å². The average Bonchev–Trinajstić information content (AvgIpc) is 2.67. The van der Waals surface area contributed by atoms with Crippen molar-refractivity contribution in [3.8, 4) is 6.07 Å². The van der Waals surface area contributed by atoms with Gasteiger partial charge in [0.15, 0.2) is 12.6 Å². The topological polar surface area (TPSA) is 39.2 Å². The molecule has 1 unspecified atom stereocenters. The van der Waals surface area contributed by atoms with Gasteiger partial charge in [-0.15, -0.1) is 4.70 Å². The minimum absolute atomic E-state index is 0.450. The van der Waals surface area contributed by atoms with Crippen LogP contribution in [0, 0.1) is 11.3 Å². The largest absolute Gasteiger partial charge is 0.199 e. The van der Waals surface area contributed by atoms with E-state index in [9.17, 15) is 0 Å². The summed E-state index contributed by atoms with van der Waals surface area (Å²) in [6.45, 7) is 2.97. The molecule has 2 rings (SSSR count). The van der Waals surface area contributed by atoms with Gasteiger partial charge in [0.05, 0.1) is 12.5 Å². The zero-order valence-electron chi connectivity index (χ0n) is 7.95. The fourth-order valence-corrected chi connectivity index (χ4v) is 2.15. The molecule has 0 radical (unpaired) electrons. The lowest BCUT2D eigenvalue weighted by molar-refractivity contribution is -0.607. The number of allylic oxidation sites excluding steroid dienone is 1. The van der Waals surface area contributed by atoms with E-state index in [1.807, 2.05) is 0 Å². The van der Waals surface area contributed by atoms with Gasteiger partial charge in [0.25, 0.3) is 0 Å². The molecule has 0 aromatic heterocycles. The summed E-state index contributed by atoms with van der Waals surface area (Å²) in [5.41, 5.74) is 2.81. The molecule has 1 aliphatic heterocycles. The summed E-state index contributed by atoms with van der Waals surface area (Å²) in [7, 11) is 0. The van der Waals surface area contributed by atoms with Gasteiger partial charge in [-0.2, -0.15) is 5.26 Å². The Hall–Kier alpha value is -1.17. The molecular formula is C10H14N3+. The van der Waals surface area contributed by atoms with Crippen LogP contribution in [0.25, 0.3) is 0 Å². The maximum Gasteiger partial charge on any atom is 0.199 e. The molecular weight excluding hydrogens is 162 g/mol. The summed E-state index contributed by atoms with van der Waals surface area (Å²) in [6.07, 6.45) is 4.20. The molecule has 1 atom stereocenters. The Kier molecular flexibility index (Phi) is 2.13. The van der Waals surface area contributed by atoms with Gasteiger partial charge in [0, 0.05) is 12.5 Å². The first-order chi connectivity index (χ1) is 6.33. The number of rotatable bonds is 2. The monoisotopic (exact) mass is 176 g/mol. The second-order valence-electron chi connectivity index (χ2n) is 3.67. The third kappa shape index (κ3) is 1.37. The third-order valence-electron chi connectivity index (χ3n) is 2.88. The lowest BCUT2D eigenvalue weighted by atomic mass is 10.1. The van der Waals surface area contributed by atoms with Gasteiger partial charge in [0.2, 0.25) is 0 Å². The van der Waals surface area contributed by atoms with Crippen LogP contribution in [-0.4, -0.2) is 17.3 Å². The van der Waals surface area contributed by atoms with Crippen LogP contribution >= 0.6 is 0 Å². The van der Waals surface area contributed by atoms with Crippen molar-refractivity contribution in [2.45, 2.75) is 38.6 Å². The van der Waals surface area contributed by atoms with Crippen molar-refractivity contribution in [3.63, 3.8) is 0 Å². The zero-order chi connectivity index (χ0) is 9.26. The molecule has 0 aromatic carbocycles. The van der Waals surface area contributed by atoms with E-state index >= 15 is 0 Å². The Morgan fingerprint density at radius 3 is 3.15 bits per heavy atom. The minimum Gasteiger partial charge on any atom is -0.198 e. The Balaban J connectivity index is 2.07. The van der Waals surface area contributed by atoms with Gasteiger partial charge < -0.3 is 0 Å².